The van der Waals surface area contributed by atoms with Crippen molar-refractivity contribution in [3.05, 3.63) is 29.3 Å². The van der Waals surface area contributed by atoms with Gasteiger partial charge in [-0.15, -0.1) is 0 Å². The Morgan fingerprint density at radius 1 is 1.21 bits per heavy atom. The zero-order valence-corrected chi connectivity index (χ0v) is 17.5. The quantitative estimate of drug-likeness (QED) is 0.379. The summed E-state index contributed by atoms with van der Waals surface area (Å²) in [4.78, 5) is 14.6. The van der Waals surface area contributed by atoms with Crippen LogP contribution >= 0.6 is 0 Å². The first-order valence-corrected chi connectivity index (χ1v) is 11.2. The van der Waals surface area contributed by atoms with E-state index in [1.165, 1.54) is 31.9 Å². The summed E-state index contributed by atoms with van der Waals surface area (Å²) in [6.45, 7) is 7.46. The lowest BCUT2D eigenvalue weighted by atomic mass is 9.75. The summed E-state index contributed by atoms with van der Waals surface area (Å²) in [6.07, 6.45) is 3.25. The lowest BCUT2D eigenvalue weighted by Gasteiger charge is -2.43. The number of likely N-dealkylation sites (tertiary alicyclic amines) is 1. The molecule has 3 atom stereocenters. The zero-order chi connectivity index (χ0) is 21.6. The Bertz CT molecular complexity index is 880. The van der Waals surface area contributed by atoms with Crippen LogP contribution in [0.4, 0.5) is 13.2 Å². The van der Waals surface area contributed by atoms with Gasteiger partial charge in [-0.05, 0) is 81.2 Å². The van der Waals surface area contributed by atoms with Crippen LogP contribution < -0.4 is 4.18 Å². The molecule has 1 aromatic carbocycles. The molecule has 0 spiro atoms. The summed E-state index contributed by atoms with van der Waals surface area (Å²) in [5.41, 5.74) is -4.57. The van der Waals surface area contributed by atoms with Crippen molar-refractivity contribution >= 4 is 15.9 Å². The predicted octanol–water partition coefficient (Wildman–Crippen LogP) is 4.34. The molecular formula is C20H26F3NO4S. The molecule has 1 aliphatic heterocycles. The van der Waals surface area contributed by atoms with E-state index in [0.29, 0.717) is 11.1 Å². The van der Waals surface area contributed by atoms with Gasteiger partial charge in [0.05, 0.1) is 0 Å². The van der Waals surface area contributed by atoms with Gasteiger partial charge < -0.3 is 9.08 Å². The maximum Gasteiger partial charge on any atom is 0.534 e. The van der Waals surface area contributed by atoms with Gasteiger partial charge in [0.1, 0.15) is 5.75 Å². The fourth-order valence-corrected chi connectivity index (χ4v) is 4.61. The highest BCUT2D eigenvalue weighted by Crippen LogP contribution is 2.41. The predicted molar refractivity (Wildman–Crippen MR) is 102 cm³/mol. The highest BCUT2D eigenvalue weighted by molar-refractivity contribution is 7.88. The van der Waals surface area contributed by atoms with E-state index < -0.39 is 21.4 Å². The molecule has 0 N–H and O–H groups in total. The zero-order valence-electron chi connectivity index (χ0n) is 16.7. The van der Waals surface area contributed by atoms with E-state index >= 15 is 0 Å². The summed E-state index contributed by atoms with van der Waals surface area (Å²) >= 11 is 0. The SMILES string of the molecule is CC(=O)c1ccc(OS(=O)(=O)C(F)(F)F)cc1[C@@H]1CCN(CC2CC2)C(C)[C@@H]1C. The average molecular weight is 433 g/mol. The van der Waals surface area contributed by atoms with E-state index in [0.717, 1.165) is 31.5 Å². The van der Waals surface area contributed by atoms with Gasteiger partial charge in [-0.3, -0.25) is 4.79 Å². The van der Waals surface area contributed by atoms with Gasteiger partial charge in [-0.1, -0.05) is 6.92 Å². The molecule has 5 nitrogen and oxygen atoms in total. The number of alkyl halides is 3. The van der Waals surface area contributed by atoms with Crippen molar-refractivity contribution in [1.29, 1.82) is 0 Å². The van der Waals surface area contributed by atoms with Crippen molar-refractivity contribution in [2.75, 3.05) is 13.1 Å². The molecule has 2 fully saturated rings. The Labute approximate surface area is 169 Å². The number of benzene rings is 1. The number of hydrogen-bond donors (Lipinski definition) is 0. The minimum atomic E-state index is -5.76. The number of carbonyl (C=O) groups is 1. The summed E-state index contributed by atoms with van der Waals surface area (Å²) < 4.78 is 65.1. The first-order chi connectivity index (χ1) is 13.4. The van der Waals surface area contributed by atoms with Crippen LogP contribution in [0.15, 0.2) is 18.2 Å². The summed E-state index contributed by atoms with van der Waals surface area (Å²) in [6, 6.07) is 3.98. The maximum atomic E-state index is 12.7. The minimum absolute atomic E-state index is 0.0727. The Hall–Kier alpha value is -1.61. The highest BCUT2D eigenvalue weighted by atomic mass is 32.2. The van der Waals surface area contributed by atoms with Crippen LogP contribution in [-0.4, -0.2) is 43.7 Å². The molecule has 1 unspecified atom stereocenters. The second-order valence-corrected chi connectivity index (χ2v) is 9.76. The fourth-order valence-electron chi connectivity index (χ4n) is 4.16. The van der Waals surface area contributed by atoms with Gasteiger partial charge in [-0.25, -0.2) is 0 Å². The molecule has 2 aliphatic rings. The molecule has 1 heterocycles. The molecule has 9 heteroatoms. The van der Waals surface area contributed by atoms with Crippen LogP contribution in [0.5, 0.6) is 5.75 Å². The number of halogens is 3. The van der Waals surface area contributed by atoms with E-state index in [1.54, 1.807) is 0 Å². The molecule has 1 saturated heterocycles. The summed E-state index contributed by atoms with van der Waals surface area (Å²) in [5, 5.41) is 0. The number of Topliss-reactive ketones (excluding diaryl/α,β-unsaturated/α-hetero) is 1. The smallest absolute Gasteiger partial charge is 0.376 e. The second-order valence-electron chi connectivity index (χ2n) is 8.22. The molecule has 1 aromatic rings. The molecule has 0 amide bonds. The summed E-state index contributed by atoms with van der Waals surface area (Å²) in [7, 11) is -5.76. The van der Waals surface area contributed by atoms with Gasteiger partial charge in [0.15, 0.2) is 5.78 Å². The van der Waals surface area contributed by atoms with Gasteiger partial charge >= 0.3 is 15.6 Å². The first-order valence-electron chi connectivity index (χ1n) is 9.80. The monoisotopic (exact) mass is 433 g/mol. The van der Waals surface area contributed by atoms with Crippen LogP contribution in [0.1, 0.15) is 61.9 Å². The van der Waals surface area contributed by atoms with E-state index in [9.17, 15) is 26.4 Å². The van der Waals surface area contributed by atoms with Crippen molar-refractivity contribution in [2.24, 2.45) is 11.8 Å². The van der Waals surface area contributed by atoms with E-state index in [1.807, 2.05) is 0 Å². The third-order valence-corrected chi connectivity index (χ3v) is 7.16. The van der Waals surface area contributed by atoms with Crippen molar-refractivity contribution < 1.29 is 30.6 Å². The van der Waals surface area contributed by atoms with Gasteiger partial charge in [0.25, 0.3) is 0 Å². The Morgan fingerprint density at radius 2 is 1.86 bits per heavy atom. The van der Waals surface area contributed by atoms with Crippen LogP contribution in [0.2, 0.25) is 0 Å². The third kappa shape index (κ3) is 4.77. The van der Waals surface area contributed by atoms with Crippen molar-refractivity contribution in [3.8, 4) is 5.75 Å². The van der Waals surface area contributed by atoms with Crippen LogP contribution in [0, 0.1) is 11.8 Å². The Morgan fingerprint density at radius 3 is 2.41 bits per heavy atom. The summed E-state index contributed by atoms with van der Waals surface area (Å²) in [5.74, 6) is 0.179. The molecule has 1 aliphatic carbocycles. The molecular weight excluding hydrogens is 407 g/mol. The van der Waals surface area contributed by atoms with Gasteiger partial charge in [-0.2, -0.15) is 21.6 Å². The van der Waals surface area contributed by atoms with Crippen LogP contribution in [0.25, 0.3) is 0 Å². The average Bonchev–Trinajstić information content (AvgIpc) is 3.41. The molecule has 0 aromatic heterocycles. The van der Waals surface area contributed by atoms with E-state index in [-0.39, 0.29) is 23.7 Å². The lowest BCUT2D eigenvalue weighted by molar-refractivity contribution is -0.0500. The molecule has 162 valence electrons. The standard InChI is InChI=1S/C20H26F3NO4S/c1-12-13(2)24(11-15-4-5-15)9-8-17(12)19-10-16(6-7-18(19)14(3)25)28-29(26,27)20(21,22)23/h6-7,10,12-13,15,17H,4-5,8-9,11H2,1-3H3/t12-,13?,17+/m0/s1. The first kappa shape index (κ1) is 22.1. The normalized spacial score (nSPS) is 26.3. The molecule has 1 saturated carbocycles. The molecule has 3 rings (SSSR count). The number of ketones is 1. The lowest BCUT2D eigenvalue weighted by Crippen LogP contribution is -2.46. The number of hydrogen-bond acceptors (Lipinski definition) is 5. The van der Waals surface area contributed by atoms with Crippen molar-refractivity contribution in [3.63, 3.8) is 0 Å². The number of rotatable bonds is 6. The topological polar surface area (TPSA) is 63.7 Å². The van der Waals surface area contributed by atoms with E-state index in [4.69, 9.17) is 0 Å². The molecule has 0 bridgehead atoms. The second kappa shape index (κ2) is 7.91. The van der Waals surface area contributed by atoms with Gasteiger partial charge in [0, 0.05) is 18.2 Å². The Balaban J connectivity index is 1.89. The number of nitrogens with zero attached hydrogens (tertiary/aromatic N) is 1. The number of carbonyl (C=O) groups excluding carboxylic acids is 1. The Kier molecular flexibility index (Phi) is 6.02. The van der Waals surface area contributed by atoms with Gasteiger partial charge in [0.2, 0.25) is 0 Å². The number of piperidine rings is 1. The molecule has 0 radical (unpaired) electrons. The minimum Gasteiger partial charge on any atom is -0.376 e. The van der Waals surface area contributed by atoms with Crippen molar-refractivity contribution in [1.82, 2.24) is 4.90 Å². The van der Waals surface area contributed by atoms with Crippen LogP contribution in [0.3, 0.4) is 0 Å². The third-order valence-electron chi connectivity index (χ3n) is 6.18. The largest absolute Gasteiger partial charge is 0.534 e. The fraction of sp³-hybridized carbons (Fsp3) is 0.650. The highest BCUT2D eigenvalue weighted by Gasteiger charge is 2.48. The van der Waals surface area contributed by atoms with Crippen LogP contribution in [-0.2, 0) is 10.1 Å². The molecule has 29 heavy (non-hydrogen) atoms. The van der Waals surface area contributed by atoms with Crippen molar-refractivity contribution in [2.45, 2.75) is 57.5 Å². The van der Waals surface area contributed by atoms with E-state index in [2.05, 4.69) is 22.9 Å². The maximum absolute atomic E-state index is 12.7.